The molecule has 2 atom stereocenters. The van der Waals surface area contributed by atoms with Gasteiger partial charge in [0.05, 0.1) is 12.1 Å². The maximum absolute atomic E-state index is 13.5. The molecule has 0 unspecified atom stereocenters. The van der Waals surface area contributed by atoms with Gasteiger partial charge in [-0.15, -0.1) is 0 Å². The Balaban J connectivity index is 1.13. The fourth-order valence-electron chi connectivity index (χ4n) is 6.80. The molecule has 2 N–H and O–H groups in total. The third-order valence-electron chi connectivity index (χ3n) is 9.30. The number of nitrogens with zero attached hydrogens (tertiary/aromatic N) is 2. The summed E-state index contributed by atoms with van der Waals surface area (Å²) in [5, 5.41) is 7.52. The van der Waals surface area contributed by atoms with E-state index in [1.165, 1.54) is 28.0 Å². The quantitative estimate of drug-likeness (QED) is 0.298. The summed E-state index contributed by atoms with van der Waals surface area (Å²) in [6, 6.07) is 24.5. The van der Waals surface area contributed by atoms with Crippen LogP contribution in [0.4, 0.5) is 5.69 Å². The standard InChI is InChI=1S/C37H43ClN4O2/c38-32-15-13-27(14-16-32)22-33(40-37(44)34-24-29-8-3-4-9-30(29)25-39-34)23-28-17-20-41(21-18-28)35-11-6-5-10-31(35)26-42-19-7-1-2-12-36(42)43/h3-6,8-11,13-16,23,33-34,39H,1-2,7,12,17-22,24-26H2,(H,40,44)/t33-,34+/m0/s1. The number of likely N-dealkylation sites (tertiary alicyclic amines) is 1. The van der Waals surface area contributed by atoms with Crippen molar-refractivity contribution in [2.24, 2.45) is 0 Å². The Bertz CT molecular complexity index is 1480. The number of hydrogen-bond donors (Lipinski definition) is 2. The van der Waals surface area contributed by atoms with Gasteiger partial charge in [0.25, 0.3) is 0 Å². The third kappa shape index (κ3) is 7.72. The number of carbonyl (C=O) groups excluding carboxylic acids is 2. The molecule has 3 heterocycles. The highest BCUT2D eigenvalue weighted by Crippen LogP contribution is 2.28. The van der Waals surface area contributed by atoms with Crippen LogP contribution in [0.5, 0.6) is 0 Å². The average Bonchev–Trinajstić information content (AvgIpc) is 3.26. The Morgan fingerprint density at radius 2 is 1.66 bits per heavy atom. The molecule has 230 valence electrons. The van der Waals surface area contributed by atoms with Gasteiger partial charge in [-0.05, 0) is 79.0 Å². The summed E-state index contributed by atoms with van der Waals surface area (Å²) in [7, 11) is 0. The number of rotatable bonds is 8. The van der Waals surface area contributed by atoms with E-state index >= 15 is 0 Å². The summed E-state index contributed by atoms with van der Waals surface area (Å²) < 4.78 is 0. The normalized spacial score (nSPS) is 19.6. The maximum atomic E-state index is 13.5. The number of amides is 2. The minimum atomic E-state index is -0.245. The van der Waals surface area contributed by atoms with Crippen LogP contribution in [0.3, 0.4) is 0 Å². The number of fused-ring (bicyclic) bond motifs is 1. The molecule has 2 amide bonds. The molecule has 2 fully saturated rings. The second kappa shape index (κ2) is 14.4. The minimum Gasteiger partial charge on any atom is -0.371 e. The number of halogens is 1. The molecule has 6 nitrogen and oxygen atoms in total. The predicted molar refractivity (Wildman–Crippen MR) is 178 cm³/mol. The number of anilines is 1. The Labute approximate surface area is 266 Å². The van der Waals surface area contributed by atoms with E-state index < -0.39 is 0 Å². The van der Waals surface area contributed by atoms with Gasteiger partial charge in [0.1, 0.15) is 0 Å². The summed E-state index contributed by atoms with van der Waals surface area (Å²) in [5.41, 5.74) is 7.49. The molecule has 0 spiro atoms. The molecule has 3 aliphatic heterocycles. The van der Waals surface area contributed by atoms with E-state index in [1.54, 1.807) is 0 Å². The molecule has 0 saturated carbocycles. The molecule has 7 heteroatoms. The maximum Gasteiger partial charge on any atom is 0.237 e. The summed E-state index contributed by atoms with van der Waals surface area (Å²) in [5.74, 6) is 0.326. The van der Waals surface area contributed by atoms with Gasteiger partial charge < -0.3 is 20.4 Å². The topological polar surface area (TPSA) is 64.7 Å². The molecule has 0 bridgehead atoms. The van der Waals surface area contributed by atoms with E-state index in [0.29, 0.717) is 37.4 Å². The van der Waals surface area contributed by atoms with E-state index in [4.69, 9.17) is 11.6 Å². The molecule has 3 aromatic carbocycles. The van der Waals surface area contributed by atoms with Crippen LogP contribution in [0.15, 0.2) is 84.4 Å². The van der Waals surface area contributed by atoms with Gasteiger partial charge in [0.2, 0.25) is 11.8 Å². The Morgan fingerprint density at radius 1 is 0.909 bits per heavy atom. The number of carbonyl (C=O) groups is 2. The summed E-state index contributed by atoms with van der Waals surface area (Å²) in [6.45, 7) is 4.08. The van der Waals surface area contributed by atoms with E-state index in [1.807, 2.05) is 35.2 Å². The first kappa shape index (κ1) is 30.4. The van der Waals surface area contributed by atoms with Crippen molar-refractivity contribution in [1.82, 2.24) is 15.5 Å². The highest BCUT2D eigenvalue weighted by atomic mass is 35.5. The Kier molecular flexibility index (Phi) is 9.99. The zero-order valence-corrected chi connectivity index (χ0v) is 26.2. The number of para-hydroxylation sites is 1. The Morgan fingerprint density at radius 3 is 2.48 bits per heavy atom. The van der Waals surface area contributed by atoms with Crippen LogP contribution in [0.1, 0.15) is 60.8 Å². The molecule has 44 heavy (non-hydrogen) atoms. The number of hydrogen-bond acceptors (Lipinski definition) is 4. The summed E-state index contributed by atoms with van der Waals surface area (Å²) in [6.07, 6.45) is 9.48. The average molecular weight is 611 g/mol. The van der Waals surface area contributed by atoms with Crippen LogP contribution in [0, 0.1) is 0 Å². The van der Waals surface area contributed by atoms with Crippen molar-refractivity contribution in [3.8, 4) is 0 Å². The lowest BCUT2D eigenvalue weighted by molar-refractivity contribution is -0.131. The third-order valence-corrected chi connectivity index (χ3v) is 9.55. The van der Waals surface area contributed by atoms with Crippen molar-refractivity contribution in [3.63, 3.8) is 0 Å². The van der Waals surface area contributed by atoms with Crippen molar-refractivity contribution >= 4 is 29.1 Å². The highest BCUT2D eigenvalue weighted by Gasteiger charge is 2.26. The second-order valence-electron chi connectivity index (χ2n) is 12.4. The molecule has 0 radical (unpaired) electrons. The first-order chi connectivity index (χ1) is 21.5. The lowest BCUT2D eigenvalue weighted by Crippen LogP contribution is -2.50. The van der Waals surface area contributed by atoms with Crippen molar-refractivity contribution in [3.05, 3.63) is 112 Å². The van der Waals surface area contributed by atoms with Gasteiger partial charge in [-0.2, -0.15) is 0 Å². The highest BCUT2D eigenvalue weighted by molar-refractivity contribution is 6.30. The van der Waals surface area contributed by atoms with Crippen molar-refractivity contribution < 1.29 is 9.59 Å². The van der Waals surface area contributed by atoms with Gasteiger partial charge in [-0.25, -0.2) is 0 Å². The second-order valence-corrected chi connectivity index (χ2v) is 12.9. The zero-order chi connectivity index (χ0) is 30.3. The first-order valence-electron chi connectivity index (χ1n) is 16.2. The van der Waals surface area contributed by atoms with Crippen LogP contribution < -0.4 is 15.5 Å². The molecule has 2 saturated heterocycles. The Hall–Kier alpha value is -3.61. The minimum absolute atomic E-state index is 0.0461. The van der Waals surface area contributed by atoms with Crippen LogP contribution in [0.2, 0.25) is 5.02 Å². The lowest BCUT2D eigenvalue weighted by atomic mass is 9.94. The van der Waals surface area contributed by atoms with Crippen LogP contribution in [-0.2, 0) is 35.5 Å². The largest absolute Gasteiger partial charge is 0.371 e. The van der Waals surface area contributed by atoms with Gasteiger partial charge in [0.15, 0.2) is 0 Å². The van der Waals surface area contributed by atoms with Gasteiger partial charge in [-0.3, -0.25) is 9.59 Å². The lowest BCUT2D eigenvalue weighted by Gasteiger charge is -2.34. The fraction of sp³-hybridized carbons (Fsp3) is 0.405. The van der Waals surface area contributed by atoms with Crippen LogP contribution in [-0.4, -0.2) is 48.4 Å². The molecule has 3 aromatic rings. The fourth-order valence-corrected chi connectivity index (χ4v) is 6.93. The number of nitrogens with one attached hydrogen (secondary N) is 2. The molecule has 0 aliphatic carbocycles. The molecule has 0 aromatic heterocycles. The SMILES string of the molecule is O=C(N[C@H](C=C1CCN(c2ccccc2CN2CCCCCC2=O)CC1)Cc1ccc(Cl)cc1)[C@H]1Cc2ccccc2CN1. The smallest absolute Gasteiger partial charge is 0.237 e. The predicted octanol–water partition coefficient (Wildman–Crippen LogP) is 6.21. The van der Waals surface area contributed by atoms with E-state index in [9.17, 15) is 9.59 Å². The summed E-state index contributed by atoms with van der Waals surface area (Å²) >= 11 is 6.16. The van der Waals surface area contributed by atoms with E-state index in [-0.39, 0.29) is 23.9 Å². The number of benzene rings is 3. The van der Waals surface area contributed by atoms with E-state index in [0.717, 1.165) is 57.3 Å². The van der Waals surface area contributed by atoms with Gasteiger partial charge >= 0.3 is 0 Å². The van der Waals surface area contributed by atoms with Crippen LogP contribution in [0.25, 0.3) is 0 Å². The van der Waals surface area contributed by atoms with E-state index in [2.05, 4.69) is 64.1 Å². The summed E-state index contributed by atoms with van der Waals surface area (Å²) in [4.78, 5) is 30.7. The molecule has 6 rings (SSSR count). The molecular weight excluding hydrogens is 568 g/mol. The molecular formula is C37H43ClN4O2. The van der Waals surface area contributed by atoms with Crippen molar-refractivity contribution in [1.29, 1.82) is 0 Å². The monoisotopic (exact) mass is 610 g/mol. The van der Waals surface area contributed by atoms with Crippen molar-refractivity contribution in [2.75, 3.05) is 24.5 Å². The van der Waals surface area contributed by atoms with Gasteiger partial charge in [0, 0.05) is 49.9 Å². The van der Waals surface area contributed by atoms with Gasteiger partial charge in [-0.1, -0.05) is 84.3 Å². The number of piperidine rings is 1. The zero-order valence-electron chi connectivity index (χ0n) is 25.4. The first-order valence-corrected chi connectivity index (χ1v) is 16.5. The van der Waals surface area contributed by atoms with Crippen molar-refractivity contribution in [2.45, 2.75) is 76.5 Å². The van der Waals surface area contributed by atoms with Crippen LogP contribution >= 0.6 is 11.6 Å². The molecule has 3 aliphatic rings.